The summed E-state index contributed by atoms with van der Waals surface area (Å²) in [6.07, 6.45) is -10.5. The van der Waals surface area contributed by atoms with Gasteiger partial charge in [0.2, 0.25) is 0 Å². The van der Waals surface area contributed by atoms with Gasteiger partial charge in [0, 0.05) is 42.3 Å². The molecule has 0 bridgehead atoms. The average molecular weight is 568 g/mol. The van der Waals surface area contributed by atoms with Crippen molar-refractivity contribution in [3.63, 3.8) is 0 Å². The van der Waals surface area contributed by atoms with Gasteiger partial charge in [-0.15, -0.1) is 0 Å². The molecular weight excluding hydrogens is 539 g/mol. The maximum atomic E-state index is 13.6. The molecule has 2 atom stereocenters. The molecule has 11 heteroatoms. The molecule has 1 aromatic heterocycles. The summed E-state index contributed by atoms with van der Waals surface area (Å²) < 4.78 is 95.0. The number of aromatic nitrogens is 1. The maximum absolute atomic E-state index is 13.6. The van der Waals surface area contributed by atoms with E-state index in [9.17, 15) is 35.5 Å². The summed E-state index contributed by atoms with van der Waals surface area (Å²) in [7, 11) is 0. The average Bonchev–Trinajstić information content (AvgIpc) is 2.85. The van der Waals surface area contributed by atoms with Crippen molar-refractivity contribution in [2.75, 3.05) is 18.0 Å². The van der Waals surface area contributed by atoms with Crippen molar-refractivity contribution in [3.05, 3.63) is 82.4 Å². The van der Waals surface area contributed by atoms with Gasteiger partial charge >= 0.3 is 12.4 Å². The lowest BCUT2D eigenvalue weighted by Gasteiger charge is -2.40. The molecule has 2 heterocycles. The summed E-state index contributed by atoms with van der Waals surface area (Å²) in [5.74, 6) is -5.18. The predicted octanol–water partition coefficient (Wildman–Crippen LogP) is 7.31. The number of benzene rings is 2. The molecule has 0 saturated carbocycles. The number of carbonyl (C=O) groups is 1. The number of pyridine rings is 1. The van der Waals surface area contributed by atoms with Gasteiger partial charge in [-0.2, -0.15) is 26.3 Å². The second-order valence-electron chi connectivity index (χ2n) is 10.2. The zero-order valence-corrected chi connectivity index (χ0v) is 22.1. The zero-order chi connectivity index (χ0) is 29.4. The number of carbonyl (C=O) groups excluding carboxylic acids is 1. The van der Waals surface area contributed by atoms with Crippen molar-refractivity contribution in [1.29, 1.82) is 0 Å². The first-order valence-electron chi connectivity index (χ1n) is 12.6. The number of nitrogens with one attached hydrogen (secondary N) is 1. The minimum absolute atomic E-state index is 0.0159. The van der Waals surface area contributed by atoms with E-state index in [1.54, 1.807) is 45.0 Å². The maximum Gasteiger partial charge on any atom is 0.393 e. The Balaban J connectivity index is 1.70. The molecule has 0 unspecified atom stereocenters. The Labute approximate surface area is 227 Å². The Hall–Kier alpha value is -3.63. The number of anilines is 1. The van der Waals surface area contributed by atoms with Crippen LogP contribution >= 0.6 is 0 Å². The first-order valence-corrected chi connectivity index (χ1v) is 12.6. The number of rotatable bonds is 5. The number of piperidine rings is 1. The molecule has 0 aliphatic carbocycles. The molecule has 0 spiro atoms. The summed E-state index contributed by atoms with van der Waals surface area (Å²) in [5.41, 5.74) is 4.07. The van der Waals surface area contributed by atoms with Crippen LogP contribution in [0.5, 0.6) is 0 Å². The molecular formula is C29H28F7N3O. The van der Waals surface area contributed by atoms with Crippen LogP contribution in [0.4, 0.5) is 36.4 Å². The molecule has 1 N–H and O–H groups in total. The van der Waals surface area contributed by atoms with Crippen LogP contribution in [0.3, 0.4) is 0 Å². The Bertz CT molecular complexity index is 1360. The smallest absolute Gasteiger partial charge is 0.370 e. The predicted molar refractivity (Wildman–Crippen MR) is 137 cm³/mol. The fourth-order valence-electron chi connectivity index (χ4n) is 5.11. The zero-order valence-electron chi connectivity index (χ0n) is 22.1. The van der Waals surface area contributed by atoms with Crippen molar-refractivity contribution in [2.24, 2.45) is 11.8 Å². The van der Waals surface area contributed by atoms with Gasteiger partial charge in [0.25, 0.3) is 5.91 Å². The third-order valence-electron chi connectivity index (χ3n) is 7.10. The number of aryl methyl sites for hydroxylation is 3. The van der Waals surface area contributed by atoms with Crippen molar-refractivity contribution < 1.29 is 35.5 Å². The second-order valence-corrected chi connectivity index (χ2v) is 10.2. The Morgan fingerprint density at radius 3 is 2.05 bits per heavy atom. The topological polar surface area (TPSA) is 45.2 Å². The molecule has 1 aliphatic rings. The molecule has 0 radical (unpaired) electrons. The number of hydrogen-bond acceptors (Lipinski definition) is 3. The van der Waals surface area contributed by atoms with E-state index in [2.05, 4.69) is 10.3 Å². The minimum Gasteiger partial charge on any atom is -0.370 e. The highest BCUT2D eigenvalue weighted by molar-refractivity contribution is 5.95. The largest absolute Gasteiger partial charge is 0.393 e. The van der Waals surface area contributed by atoms with Crippen LogP contribution in [0.2, 0.25) is 0 Å². The normalized spacial score (nSPS) is 18.1. The lowest BCUT2D eigenvalue weighted by atomic mass is 9.87. The lowest BCUT2D eigenvalue weighted by Crippen LogP contribution is -2.49. The summed E-state index contributed by atoms with van der Waals surface area (Å²) in [5, 5.41) is 2.78. The number of amides is 1. The first-order chi connectivity index (χ1) is 18.6. The van der Waals surface area contributed by atoms with E-state index in [0.29, 0.717) is 33.6 Å². The van der Waals surface area contributed by atoms with E-state index in [1.165, 1.54) is 24.3 Å². The monoisotopic (exact) mass is 567 g/mol. The molecule has 1 amide bonds. The van der Waals surface area contributed by atoms with Crippen LogP contribution in [0, 0.1) is 38.4 Å². The van der Waals surface area contributed by atoms with Gasteiger partial charge in [0.05, 0.1) is 11.8 Å². The molecule has 2 aromatic carbocycles. The van der Waals surface area contributed by atoms with E-state index in [4.69, 9.17) is 0 Å². The van der Waals surface area contributed by atoms with Crippen LogP contribution in [0.25, 0.3) is 11.1 Å². The second kappa shape index (κ2) is 11.1. The number of hydrogen-bond donors (Lipinski definition) is 1. The fourth-order valence-corrected chi connectivity index (χ4v) is 5.11. The van der Waals surface area contributed by atoms with Crippen LogP contribution in [0.15, 0.2) is 48.5 Å². The summed E-state index contributed by atoms with van der Waals surface area (Å²) in [6, 6.07) is 11.9. The molecule has 1 fully saturated rings. The van der Waals surface area contributed by atoms with Gasteiger partial charge in [-0.1, -0.05) is 6.07 Å². The number of alkyl halides is 6. The summed E-state index contributed by atoms with van der Waals surface area (Å²) in [4.78, 5) is 18.3. The standard InChI is InChI=1S/C29H28F7N3O/c1-16-8-23(30)5-7-25(16)27(40)37-13-19-4-6-24(12-26(19)20-9-17(2)38-18(3)10-20)39-14-21(28(31,32)33)11-22(15-39)29(34,35)36/h4-10,12,21-22H,11,13-15H2,1-3H3,(H,37,40)/t21-,22+. The number of nitrogens with zero attached hydrogens (tertiary/aromatic N) is 2. The Kier molecular flexibility index (Phi) is 8.14. The fraction of sp³-hybridized carbons (Fsp3) is 0.379. The minimum atomic E-state index is -4.77. The molecule has 40 heavy (non-hydrogen) atoms. The van der Waals surface area contributed by atoms with Crippen LogP contribution < -0.4 is 10.2 Å². The SMILES string of the molecule is Cc1cc(-c2cc(N3C[C@H](C(F)(F)F)C[C@H](C(F)(F)F)C3)ccc2CNC(=O)c2ccc(F)cc2C)cc(C)n1. The van der Waals surface area contributed by atoms with E-state index in [-0.39, 0.29) is 17.8 Å². The van der Waals surface area contributed by atoms with Crippen molar-refractivity contribution in [3.8, 4) is 11.1 Å². The van der Waals surface area contributed by atoms with Gasteiger partial charge in [0.15, 0.2) is 0 Å². The summed E-state index contributed by atoms with van der Waals surface area (Å²) >= 11 is 0. The molecule has 1 saturated heterocycles. The van der Waals surface area contributed by atoms with E-state index in [0.717, 1.165) is 4.90 Å². The van der Waals surface area contributed by atoms with Gasteiger partial charge in [0.1, 0.15) is 5.82 Å². The van der Waals surface area contributed by atoms with Crippen LogP contribution in [-0.4, -0.2) is 36.3 Å². The van der Waals surface area contributed by atoms with Crippen molar-refractivity contribution in [2.45, 2.75) is 46.1 Å². The summed E-state index contributed by atoms with van der Waals surface area (Å²) in [6.45, 7) is 3.97. The van der Waals surface area contributed by atoms with Gasteiger partial charge in [-0.3, -0.25) is 9.78 Å². The van der Waals surface area contributed by atoms with Gasteiger partial charge in [-0.25, -0.2) is 4.39 Å². The first kappa shape index (κ1) is 29.4. The highest BCUT2D eigenvalue weighted by atomic mass is 19.4. The Morgan fingerprint density at radius 1 is 0.900 bits per heavy atom. The highest BCUT2D eigenvalue weighted by Gasteiger charge is 2.51. The van der Waals surface area contributed by atoms with Crippen molar-refractivity contribution >= 4 is 11.6 Å². The molecule has 3 aromatic rings. The quantitative estimate of drug-likeness (QED) is 0.329. The van der Waals surface area contributed by atoms with Gasteiger partial charge in [-0.05, 0) is 91.9 Å². The molecule has 4 rings (SSSR count). The van der Waals surface area contributed by atoms with Crippen molar-refractivity contribution in [1.82, 2.24) is 10.3 Å². The molecule has 214 valence electrons. The van der Waals surface area contributed by atoms with E-state index >= 15 is 0 Å². The van der Waals surface area contributed by atoms with E-state index < -0.39 is 55.4 Å². The van der Waals surface area contributed by atoms with E-state index in [1.807, 2.05) is 0 Å². The third kappa shape index (κ3) is 6.74. The molecule has 4 nitrogen and oxygen atoms in total. The number of halogens is 7. The highest BCUT2D eigenvalue weighted by Crippen LogP contribution is 2.43. The van der Waals surface area contributed by atoms with Crippen LogP contribution in [0.1, 0.15) is 39.3 Å². The van der Waals surface area contributed by atoms with Crippen LogP contribution in [-0.2, 0) is 6.54 Å². The van der Waals surface area contributed by atoms with Gasteiger partial charge < -0.3 is 10.2 Å². The molecule has 1 aliphatic heterocycles. The Morgan fingerprint density at radius 2 is 1.50 bits per heavy atom. The third-order valence-corrected chi connectivity index (χ3v) is 7.10. The lowest BCUT2D eigenvalue weighted by molar-refractivity contribution is -0.214.